The van der Waals surface area contributed by atoms with Crippen LogP contribution in [0.3, 0.4) is 0 Å². The molecule has 176 valence electrons. The summed E-state index contributed by atoms with van der Waals surface area (Å²) in [5.74, 6) is 1.90. The summed E-state index contributed by atoms with van der Waals surface area (Å²) < 4.78 is 8.33. The van der Waals surface area contributed by atoms with Gasteiger partial charge in [-0.15, -0.1) is 0 Å². The molecule has 0 unspecified atom stereocenters. The Morgan fingerprint density at radius 2 is 1.82 bits per heavy atom. The summed E-state index contributed by atoms with van der Waals surface area (Å²) in [6, 6.07) is 21.4. The van der Waals surface area contributed by atoms with E-state index in [1.54, 1.807) is 24.3 Å². The second-order valence-electron chi connectivity index (χ2n) is 8.51. The fourth-order valence-corrected chi connectivity index (χ4v) is 4.11. The molecule has 1 heterocycles. The van der Waals surface area contributed by atoms with Crippen LogP contribution in [0.4, 0.5) is 0 Å². The molecule has 5 nitrogen and oxygen atoms in total. The summed E-state index contributed by atoms with van der Waals surface area (Å²) in [5.41, 5.74) is 5.10. The molecule has 0 aliphatic carbocycles. The molecule has 0 saturated carbocycles. The largest absolute Gasteiger partial charge is 0.493 e. The molecule has 0 atom stereocenters. The summed E-state index contributed by atoms with van der Waals surface area (Å²) in [4.78, 5) is 17.2. The third-order valence-corrected chi connectivity index (χ3v) is 6.08. The molecule has 0 aliphatic rings. The number of halogens is 1. The zero-order valence-electron chi connectivity index (χ0n) is 19.7. The van der Waals surface area contributed by atoms with Gasteiger partial charge in [-0.25, -0.2) is 4.98 Å². The van der Waals surface area contributed by atoms with Crippen LogP contribution in [0.5, 0.6) is 5.75 Å². The number of hydrogen-bond acceptors (Lipinski definition) is 3. The first-order valence-electron chi connectivity index (χ1n) is 11.7. The maximum atomic E-state index is 12.3. The molecule has 3 aromatic carbocycles. The van der Waals surface area contributed by atoms with Gasteiger partial charge in [0.2, 0.25) is 0 Å². The number of imidazole rings is 1. The minimum Gasteiger partial charge on any atom is -0.493 e. The lowest BCUT2D eigenvalue weighted by atomic mass is 10.1. The lowest BCUT2D eigenvalue weighted by Gasteiger charge is -2.12. The van der Waals surface area contributed by atoms with E-state index in [1.807, 2.05) is 18.2 Å². The molecule has 4 rings (SSSR count). The van der Waals surface area contributed by atoms with Crippen LogP contribution in [0.2, 0.25) is 5.02 Å². The highest BCUT2D eigenvalue weighted by Crippen LogP contribution is 2.21. The maximum Gasteiger partial charge on any atom is 0.251 e. The third-order valence-electron chi connectivity index (χ3n) is 5.83. The number of nitrogens with zero attached hydrogens (tertiary/aromatic N) is 2. The number of carbonyl (C=O) groups excluding carboxylic acids is 1. The minimum absolute atomic E-state index is 0.0891. The predicted octanol–water partition coefficient (Wildman–Crippen LogP) is 6.14. The van der Waals surface area contributed by atoms with Crippen LogP contribution < -0.4 is 10.1 Å². The second-order valence-corrected chi connectivity index (χ2v) is 8.94. The number of carbonyl (C=O) groups is 1. The molecule has 4 aromatic rings. The van der Waals surface area contributed by atoms with Crippen LogP contribution in [-0.2, 0) is 13.0 Å². The van der Waals surface area contributed by atoms with Gasteiger partial charge in [0.15, 0.2) is 0 Å². The Labute approximate surface area is 205 Å². The number of para-hydroxylation sites is 2. The highest BCUT2D eigenvalue weighted by molar-refractivity contribution is 6.30. The number of aromatic nitrogens is 2. The SMILES string of the molecule is Cc1ccc(C)c(OCCCn2c(CCCNC(=O)c3ccc(Cl)cc3)nc3ccccc32)c1. The van der Waals surface area contributed by atoms with Gasteiger partial charge in [-0.05, 0) is 80.3 Å². The van der Waals surface area contributed by atoms with E-state index in [2.05, 4.69) is 48.0 Å². The number of fused-ring (bicyclic) bond motifs is 1. The van der Waals surface area contributed by atoms with Crippen molar-refractivity contribution in [3.05, 3.63) is 94.3 Å². The first kappa shape index (κ1) is 23.8. The standard InChI is InChI=1S/C28H30ClN3O2/c1-20-10-11-21(2)26(19-20)34-18-6-17-32-25-8-4-3-7-24(25)31-27(32)9-5-16-30-28(33)22-12-14-23(29)15-13-22/h3-4,7-8,10-15,19H,5-6,9,16-18H2,1-2H3,(H,30,33). The summed E-state index contributed by atoms with van der Waals surface area (Å²) >= 11 is 5.90. The predicted molar refractivity (Wildman–Crippen MR) is 138 cm³/mol. The maximum absolute atomic E-state index is 12.3. The quantitative estimate of drug-likeness (QED) is 0.280. The van der Waals surface area contributed by atoms with Crippen molar-refractivity contribution in [1.29, 1.82) is 0 Å². The molecule has 0 spiro atoms. The molecule has 0 fully saturated rings. The van der Waals surface area contributed by atoms with Gasteiger partial charge in [0.05, 0.1) is 17.6 Å². The van der Waals surface area contributed by atoms with Crippen molar-refractivity contribution in [1.82, 2.24) is 14.9 Å². The zero-order valence-corrected chi connectivity index (χ0v) is 20.4. The van der Waals surface area contributed by atoms with Gasteiger partial charge < -0.3 is 14.6 Å². The van der Waals surface area contributed by atoms with E-state index in [4.69, 9.17) is 21.3 Å². The summed E-state index contributed by atoms with van der Waals surface area (Å²) in [6.45, 7) is 6.21. The molecular formula is C28H30ClN3O2. The van der Waals surface area contributed by atoms with E-state index < -0.39 is 0 Å². The van der Waals surface area contributed by atoms with E-state index in [1.165, 1.54) is 5.56 Å². The van der Waals surface area contributed by atoms with Gasteiger partial charge in [0.1, 0.15) is 11.6 Å². The topological polar surface area (TPSA) is 56.1 Å². The molecule has 1 aromatic heterocycles. The summed E-state index contributed by atoms with van der Waals surface area (Å²) in [5, 5.41) is 3.60. The molecular weight excluding hydrogens is 446 g/mol. The van der Waals surface area contributed by atoms with Crippen LogP contribution >= 0.6 is 11.6 Å². The second kappa shape index (κ2) is 11.2. The Hall–Kier alpha value is -3.31. The van der Waals surface area contributed by atoms with E-state index in [-0.39, 0.29) is 5.91 Å². The van der Waals surface area contributed by atoms with Crippen molar-refractivity contribution < 1.29 is 9.53 Å². The monoisotopic (exact) mass is 475 g/mol. The highest BCUT2D eigenvalue weighted by atomic mass is 35.5. The number of benzene rings is 3. The Bertz CT molecular complexity index is 1260. The number of ether oxygens (including phenoxy) is 1. The molecule has 0 saturated heterocycles. The van der Waals surface area contributed by atoms with Crippen molar-refractivity contribution >= 4 is 28.5 Å². The molecule has 0 aliphatic heterocycles. The first-order chi connectivity index (χ1) is 16.5. The summed E-state index contributed by atoms with van der Waals surface area (Å²) in [7, 11) is 0. The number of aryl methyl sites for hydroxylation is 4. The van der Waals surface area contributed by atoms with Crippen molar-refractivity contribution in [2.45, 2.75) is 39.7 Å². The number of nitrogens with one attached hydrogen (secondary N) is 1. The number of amides is 1. The van der Waals surface area contributed by atoms with Gasteiger partial charge in [-0.1, -0.05) is 35.9 Å². The van der Waals surface area contributed by atoms with E-state index in [0.717, 1.165) is 54.0 Å². The van der Waals surface area contributed by atoms with Gasteiger partial charge in [0.25, 0.3) is 5.91 Å². The van der Waals surface area contributed by atoms with E-state index >= 15 is 0 Å². The molecule has 1 amide bonds. The Kier molecular flexibility index (Phi) is 7.86. The van der Waals surface area contributed by atoms with E-state index in [9.17, 15) is 4.79 Å². The Balaban J connectivity index is 1.33. The van der Waals surface area contributed by atoms with Crippen LogP contribution in [0.1, 0.15) is 40.2 Å². The van der Waals surface area contributed by atoms with Crippen LogP contribution in [0.15, 0.2) is 66.7 Å². The summed E-state index contributed by atoms with van der Waals surface area (Å²) in [6.07, 6.45) is 2.48. The van der Waals surface area contributed by atoms with Crippen LogP contribution in [-0.4, -0.2) is 28.6 Å². The van der Waals surface area contributed by atoms with Crippen LogP contribution in [0, 0.1) is 13.8 Å². The van der Waals surface area contributed by atoms with Gasteiger partial charge in [-0.3, -0.25) is 4.79 Å². The fraction of sp³-hybridized carbons (Fsp3) is 0.286. The Morgan fingerprint density at radius 1 is 1.03 bits per heavy atom. The molecule has 6 heteroatoms. The average Bonchev–Trinajstić information content (AvgIpc) is 3.19. The van der Waals surface area contributed by atoms with Crippen molar-refractivity contribution in [3.63, 3.8) is 0 Å². The average molecular weight is 476 g/mol. The Morgan fingerprint density at radius 3 is 2.65 bits per heavy atom. The smallest absolute Gasteiger partial charge is 0.251 e. The van der Waals surface area contributed by atoms with Crippen LogP contribution in [0.25, 0.3) is 11.0 Å². The third kappa shape index (κ3) is 5.97. The molecule has 34 heavy (non-hydrogen) atoms. The first-order valence-corrected chi connectivity index (χ1v) is 12.1. The molecule has 0 bridgehead atoms. The van der Waals surface area contributed by atoms with Crippen molar-refractivity contribution in [2.24, 2.45) is 0 Å². The lowest BCUT2D eigenvalue weighted by Crippen LogP contribution is -2.25. The fourth-order valence-electron chi connectivity index (χ4n) is 3.99. The minimum atomic E-state index is -0.0891. The molecule has 0 radical (unpaired) electrons. The highest BCUT2D eigenvalue weighted by Gasteiger charge is 2.11. The number of hydrogen-bond donors (Lipinski definition) is 1. The number of rotatable bonds is 10. The van der Waals surface area contributed by atoms with Crippen molar-refractivity contribution in [2.75, 3.05) is 13.2 Å². The lowest BCUT2D eigenvalue weighted by molar-refractivity contribution is 0.0953. The van der Waals surface area contributed by atoms with Gasteiger partial charge in [-0.2, -0.15) is 0 Å². The van der Waals surface area contributed by atoms with E-state index in [0.29, 0.717) is 23.7 Å². The zero-order chi connectivity index (χ0) is 23.9. The van der Waals surface area contributed by atoms with Gasteiger partial charge >= 0.3 is 0 Å². The molecule has 1 N–H and O–H groups in total. The van der Waals surface area contributed by atoms with Gasteiger partial charge in [0, 0.05) is 30.1 Å². The normalized spacial score (nSPS) is 11.0. The van der Waals surface area contributed by atoms with Crippen molar-refractivity contribution in [3.8, 4) is 5.75 Å².